The first-order chi connectivity index (χ1) is 7.27. The second-order valence-electron chi connectivity index (χ2n) is 3.84. The summed E-state index contributed by atoms with van der Waals surface area (Å²) in [5, 5.41) is 0. The van der Waals surface area contributed by atoms with Gasteiger partial charge in [0.05, 0.1) is 0 Å². The zero-order valence-electron chi connectivity index (χ0n) is 8.94. The van der Waals surface area contributed by atoms with Crippen LogP contribution in [-0.2, 0) is 0 Å². The molecule has 4 heteroatoms. The zero-order valence-corrected chi connectivity index (χ0v) is 8.94. The standard InChI is InChI=1S/C11H15N3O/c1-9-12-6-5-10(13-9)11(15)14-7-3-2-4-8-14/h5-6H,2-4,7-8H2,1H3. The number of nitrogens with zero attached hydrogens (tertiary/aromatic N) is 3. The van der Waals surface area contributed by atoms with E-state index in [1.165, 1.54) is 6.42 Å². The van der Waals surface area contributed by atoms with Gasteiger partial charge in [0.2, 0.25) is 0 Å². The fourth-order valence-electron chi connectivity index (χ4n) is 1.83. The van der Waals surface area contributed by atoms with Gasteiger partial charge in [0, 0.05) is 19.3 Å². The van der Waals surface area contributed by atoms with E-state index in [0.717, 1.165) is 25.9 Å². The van der Waals surface area contributed by atoms with E-state index in [2.05, 4.69) is 9.97 Å². The van der Waals surface area contributed by atoms with Crippen LogP contribution in [-0.4, -0.2) is 33.9 Å². The first-order valence-electron chi connectivity index (χ1n) is 5.36. The number of hydrogen-bond donors (Lipinski definition) is 0. The van der Waals surface area contributed by atoms with Crippen LogP contribution in [0.5, 0.6) is 0 Å². The van der Waals surface area contributed by atoms with Crippen LogP contribution in [0.4, 0.5) is 0 Å². The summed E-state index contributed by atoms with van der Waals surface area (Å²) < 4.78 is 0. The smallest absolute Gasteiger partial charge is 0.272 e. The summed E-state index contributed by atoms with van der Waals surface area (Å²) in [5.41, 5.74) is 0.518. The van der Waals surface area contributed by atoms with E-state index < -0.39 is 0 Å². The van der Waals surface area contributed by atoms with Crippen molar-refractivity contribution in [1.29, 1.82) is 0 Å². The van der Waals surface area contributed by atoms with Gasteiger partial charge in [-0.3, -0.25) is 4.79 Å². The number of likely N-dealkylation sites (tertiary alicyclic amines) is 1. The molecule has 1 saturated heterocycles. The van der Waals surface area contributed by atoms with Gasteiger partial charge in [-0.2, -0.15) is 0 Å². The second-order valence-corrected chi connectivity index (χ2v) is 3.84. The summed E-state index contributed by atoms with van der Waals surface area (Å²) in [4.78, 5) is 22.0. The SMILES string of the molecule is Cc1nccc(C(=O)N2CCCCC2)n1. The van der Waals surface area contributed by atoms with Crippen molar-refractivity contribution in [3.63, 3.8) is 0 Å². The van der Waals surface area contributed by atoms with E-state index in [1.807, 2.05) is 4.90 Å². The molecule has 2 heterocycles. The third kappa shape index (κ3) is 2.32. The molecule has 0 aromatic carbocycles. The molecule has 4 nitrogen and oxygen atoms in total. The van der Waals surface area contributed by atoms with E-state index in [4.69, 9.17) is 0 Å². The Morgan fingerprint density at radius 1 is 1.33 bits per heavy atom. The molecule has 1 aromatic heterocycles. The molecular weight excluding hydrogens is 190 g/mol. The van der Waals surface area contributed by atoms with Crippen molar-refractivity contribution in [2.45, 2.75) is 26.2 Å². The molecule has 0 unspecified atom stereocenters. The molecule has 15 heavy (non-hydrogen) atoms. The highest BCUT2D eigenvalue weighted by atomic mass is 16.2. The van der Waals surface area contributed by atoms with Crippen molar-refractivity contribution >= 4 is 5.91 Å². The Kier molecular flexibility index (Phi) is 2.94. The third-order valence-electron chi connectivity index (χ3n) is 2.64. The topological polar surface area (TPSA) is 46.1 Å². The highest BCUT2D eigenvalue weighted by Gasteiger charge is 2.18. The molecule has 0 atom stereocenters. The number of rotatable bonds is 1. The molecule has 0 bridgehead atoms. The van der Waals surface area contributed by atoms with Gasteiger partial charge < -0.3 is 4.90 Å². The van der Waals surface area contributed by atoms with E-state index in [0.29, 0.717) is 11.5 Å². The first-order valence-corrected chi connectivity index (χ1v) is 5.36. The first kappa shape index (κ1) is 10.1. The van der Waals surface area contributed by atoms with Gasteiger partial charge in [-0.15, -0.1) is 0 Å². The molecule has 80 valence electrons. The molecule has 1 aliphatic heterocycles. The lowest BCUT2D eigenvalue weighted by atomic mass is 10.1. The summed E-state index contributed by atoms with van der Waals surface area (Å²) in [6.07, 6.45) is 5.08. The van der Waals surface area contributed by atoms with Crippen LogP contribution in [0.1, 0.15) is 35.6 Å². The molecule has 0 radical (unpaired) electrons. The highest BCUT2D eigenvalue weighted by Crippen LogP contribution is 2.11. The fourth-order valence-corrected chi connectivity index (χ4v) is 1.83. The molecule has 1 fully saturated rings. The molecule has 0 saturated carbocycles. The quantitative estimate of drug-likeness (QED) is 0.696. The number of carbonyl (C=O) groups excluding carboxylic acids is 1. The minimum absolute atomic E-state index is 0.0419. The van der Waals surface area contributed by atoms with Crippen LogP contribution in [0.15, 0.2) is 12.3 Å². The van der Waals surface area contributed by atoms with Crippen LogP contribution >= 0.6 is 0 Å². The number of piperidine rings is 1. The molecule has 1 aliphatic rings. The number of amides is 1. The van der Waals surface area contributed by atoms with Gasteiger partial charge in [0.15, 0.2) is 0 Å². The van der Waals surface area contributed by atoms with E-state index in [-0.39, 0.29) is 5.91 Å². The van der Waals surface area contributed by atoms with Gasteiger partial charge in [0.1, 0.15) is 11.5 Å². The summed E-state index contributed by atoms with van der Waals surface area (Å²) >= 11 is 0. The molecule has 1 amide bonds. The summed E-state index contributed by atoms with van der Waals surface area (Å²) in [6.45, 7) is 3.52. The highest BCUT2D eigenvalue weighted by molar-refractivity contribution is 5.92. The molecule has 2 rings (SSSR count). The summed E-state index contributed by atoms with van der Waals surface area (Å²) in [5.74, 6) is 0.693. The molecule has 0 N–H and O–H groups in total. The maximum atomic E-state index is 12.0. The van der Waals surface area contributed by atoms with Crippen molar-refractivity contribution in [2.24, 2.45) is 0 Å². The number of hydrogen-bond acceptors (Lipinski definition) is 3. The van der Waals surface area contributed by atoms with Gasteiger partial charge in [-0.25, -0.2) is 9.97 Å². The predicted molar refractivity (Wildman–Crippen MR) is 56.5 cm³/mol. The van der Waals surface area contributed by atoms with E-state index in [1.54, 1.807) is 19.2 Å². The zero-order chi connectivity index (χ0) is 10.7. The Morgan fingerprint density at radius 3 is 2.73 bits per heavy atom. The lowest BCUT2D eigenvalue weighted by Gasteiger charge is -2.26. The van der Waals surface area contributed by atoms with E-state index >= 15 is 0 Å². The molecular formula is C11H15N3O. The maximum absolute atomic E-state index is 12.0. The van der Waals surface area contributed by atoms with Crippen molar-refractivity contribution < 1.29 is 4.79 Å². The van der Waals surface area contributed by atoms with Gasteiger partial charge in [-0.1, -0.05) is 0 Å². The van der Waals surface area contributed by atoms with Crippen LogP contribution in [0.25, 0.3) is 0 Å². The Balaban J connectivity index is 2.12. The molecule has 0 aliphatic carbocycles. The Bertz CT molecular complexity index is 359. The van der Waals surface area contributed by atoms with Gasteiger partial charge in [0.25, 0.3) is 5.91 Å². The monoisotopic (exact) mass is 205 g/mol. The van der Waals surface area contributed by atoms with Crippen LogP contribution in [0.2, 0.25) is 0 Å². The van der Waals surface area contributed by atoms with Crippen LogP contribution < -0.4 is 0 Å². The lowest BCUT2D eigenvalue weighted by molar-refractivity contribution is 0.0718. The van der Waals surface area contributed by atoms with Gasteiger partial charge in [-0.05, 0) is 32.3 Å². The fraction of sp³-hybridized carbons (Fsp3) is 0.545. The van der Waals surface area contributed by atoms with Crippen molar-refractivity contribution in [2.75, 3.05) is 13.1 Å². The van der Waals surface area contributed by atoms with Crippen LogP contribution in [0.3, 0.4) is 0 Å². The average Bonchev–Trinajstić information content (AvgIpc) is 2.29. The lowest BCUT2D eigenvalue weighted by Crippen LogP contribution is -2.36. The average molecular weight is 205 g/mol. The van der Waals surface area contributed by atoms with Crippen molar-refractivity contribution in [1.82, 2.24) is 14.9 Å². The normalized spacial score (nSPS) is 16.5. The van der Waals surface area contributed by atoms with E-state index in [9.17, 15) is 4.79 Å². The minimum Gasteiger partial charge on any atom is -0.337 e. The number of aromatic nitrogens is 2. The Labute approximate surface area is 89.3 Å². The predicted octanol–water partition coefficient (Wildman–Crippen LogP) is 1.41. The Hall–Kier alpha value is -1.45. The molecule has 1 aromatic rings. The summed E-state index contributed by atoms with van der Waals surface area (Å²) in [6, 6.07) is 1.68. The second kappa shape index (κ2) is 4.38. The summed E-state index contributed by atoms with van der Waals surface area (Å²) in [7, 11) is 0. The maximum Gasteiger partial charge on any atom is 0.272 e. The minimum atomic E-state index is 0.0419. The number of carbonyl (C=O) groups is 1. The number of aryl methyl sites for hydroxylation is 1. The van der Waals surface area contributed by atoms with Gasteiger partial charge >= 0.3 is 0 Å². The van der Waals surface area contributed by atoms with Crippen molar-refractivity contribution in [3.8, 4) is 0 Å². The van der Waals surface area contributed by atoms with Crippen molar-refractivity contribution in [3.05, 3.63) is 23.8 Å². The Morgan fingerprint density at radius 2 is 2.07 bits per heavy atom. The molecule has 0 spiro atoms. The largest absolute Gasteiger partial charge is 0.337 e. The van der Waals surface area contributed by atoms with Crippen LogP contribution in [0, 0.1) is 6.92 Å². The third-order valence-corrected chi connectivity index (χ3v) is 2.64.